The summed E-state index contributed by atoms with van der Waals surface area (Å²) in [4.78, 5) is 172. The summed E-state index contributed by atoms with van der Waals surface area (Å²) >= 11 is 0. The topological polar surface area (TPSA) is 308 Å². The fourth-order valence-corrected chi connectivity index (χ4v) is 11.9. The molecule has 0 aliphatic carbocycles. The van der Waals surface area contributed by atoms with Crippen molar-refractivity contribution in [3.8, 4) is 0 Å². The van der Waals surface area contributed by atoms with E-state index in [2.05, 4.69) is 21.3 Å². The average molecular weight is 1300 g/mol. The first-order valence-electron chi connectivity index (χ1n) is 33.4. The molecule has 0 bridgehead atoms. The second-order valence-electron chi connectivity index (χ2n) is 27.2. The Balaban J connectivity index is 4.55. The number of rotatable bonds is 21. The highest BCUT2D eigenvalue weighted by atomic mass is 16.5. The van der Waals surface area contributed by atoms with E-state index in [4.69, 9.17) is 4.74 Å². The van der Waals surface area contributed by atoms with E-state index in [1.165, 1.54) is 85.5 Å². The lowest BCUT2D eigenvalue weighted by atomic mass is 9.93. The first-order chi connectivity index (χ1) is 42.8. The molecule has 0 aromatic carbocycles. The maximum Gasteiger partial charge on any atom is 0.246 e. The van der Waals surface area contributed by atoms with Gasteiger partial charge in [-0.2, -0.15) is 0 Å². The number of nitrogens with one attached hydrogen (secondary N) is 4. The summed E-state index contributed by atoms with van der Waals surface area (Å²) in [6.45, 7) is 31.0. The lowest BCUT2D eigenvalue weighted by Gasteiger charge is -2.41. The molecular weight excluding hydrogens is 1180 g/mol. The van der Waals surface area contributed by atoms with Gasteiger partial charge in [0.1, 0.15) is 66.5 Å². The number of carbonyl (C=O) groups is 11. The van der Waals surface area contributed by atoms with Gasteiger partial charge in [-0.25, -0.2) is 0 Å². The molecule has 1 rings (SSSR count). The summed E-state index contributed by atoms with van der Waals surface area (Å²) in [7, 11) is 8.47. The molecule has 0 saturated carbocycles. The minimum Gasteiger partial charge on any atom is -0.396 e. The number of amides is 11. The van der Waals surface area contributed by atoms with E-state index < -0.39 is 161 Å². The number of hydrogen-bond donors (Lipinski definition) is 6. The summed E-state index contributed by atoms with van der Waals surface area (Å²) in [5, 5.41) is 32.8. The molecule has 0 aromatic heterocycles. The van der Waals surface area contributed by atoms with Crippen molar-refractivity contribution in [1.82, 2.24) is 55.6 Å². The molecule has 1 saturated heterocycles. The minimum absolute atomic E-state index is 0.0109. The number of hydrogen-bond acceptors (Lipinski definition) is 14. The third kappa shape index (κ3) is 23.1. The van der Waals surface area contributed by atoms with Crippen molar-refractivity contribution in [2.45, 2.75) is 255 Å². The highest BCUT2D eigenvalue weighted by Crippen LogP contribution is 2.26. The van der Waals surface area contributed by atoms with Crippen LogP contribution in [-0.2, 0) is 57.5 Å². The zero-order valence-corrected chi connectivity index (χ0v) is 60.3. The first-order valence-corrected chi connectivity index (χ1v) is 33.4. The summed E-state index contributed by atoms with van der Waals surface area (Å²) in [5.41, 5.74) is 0. The van der Waals surface area contributed by atoms with Crippen molar-refractivity contribution in [1.29, 1.82) is 0 Å². The molecule has 14 atom stereocenters. The molecule has 1 aliphatic rings. The van der Waals surface area contributed by atoms with Gasteiger partial charge in [-0.1, -0.05) is 109 Å². The normalized spacial score (nSPS) is 26.9. The average Bonchev–Trinajstić information content (AvgIpc) is 0.823. The fourth-order valence-electron chi connectivity index (χ4n) is 11.9. The molecule has 11 amide bonds. The lowest BCUT2D eigenvalue weighted by molar-refractivity contribution is -0.157. The van der Waals surface area contributed by atoms with E-state index in [1.807, 2.05) is 41.5 Å². The van der Waals surface area contributed by atoms with Gasteiger partial charge < -0.3 is 70.5 Å². The zero-order chi connectivity index (χ0) is 71.1. The maximum absolute atomic E-state index is 15.3. The van der Waals surface area contributed by atoms with Crippen LogP contribution in [0.1, 0.15) is 176 Å². The molecule has 0 spiro atoms. The molecule has 1 unspecified atom stereocenters. The summed E-state index contributed by atoms with van der Waals surface area (Å²) in [6, 6.07) is -14.3. The Morgan fingerprint density at radius 1 is 0.478 bits per heavy atom. The number of nitrogens with zero attached hydrogens (tertiary/aromatic N) is 7. The standard InChI is InChI=1S/C67H121N11O14/c1-25-31-43(15)56(80)55-60(84)70-47(27-3)62(86)78(32-26-2)48(28-4)63(87)76(23)54(46(18)92-34-30-29-33-79)59(83)71-52(41(11)12)66(90)72(19)49(35-38(5)6)58(82)68-44(16)57(81)69-45(17)61(85)73(20)50(36-39(7)8)64(88)74(21)51(37-40(9)10)65(89)75(22)53(42(13)14)67(91)77(55)24/h25,31,38-56,79-80H,26-30,32-37H2,1-24H3,(H,68,82)(H,69,81)(H,70,84)(H,71,83)/b31-25+/t43-,44+,45-,46-,47+,48-,49+,50+,51+,52+,53+,54?,55+,56-/m1/s1. The number of ether oxygens (including phenoxy) is 1. The Labute approximate surface area is 550 Å². The molecule has 25 nitrogen and oxygen atoms in total. The van der Waals surface area contributed by atoms with Gasteiger partial charge in [0.25, 0.3) is 0 Å². The van der Waals surface area contributed by atoms with Crippen LogP contribution in [0.25, 0.3) is 0 Å². The Hall–Kier alpha value is -6.21. The quantitative estimate of drug-likeness (QED) is 0.0708. The number of unbranched alkanes of at least 4 members (excludes halogenated alkanes) is 1. The van der Waals surface area contributed by atoms with Gasteiger partial charge in [0, 0.05) is 68.0 Å². The molecule has 1 aliphatic heterocycles. The van der Waals surface area contributed by atoms with E-state index in [0.717, 1.165) is 4.90 Å². The predicted molar refractivity (Wildman–Crippen MR) is 355 cm³/mol. The maximum atomic E-state index is 15.3. The Bertz CT molecular complexity index is 2480. The van der Waals surface area contributed by atoms with E-state index in [9.17, 15) is 29.4 Å². The van der Waals surface area contributed by atoms with E-state index in [0.29, 0.717) is 19.3 Å². The van der Waals surface area contributed by atoms with E-state index in [1.54, 1.807) is 81.4 Å². The monoisotopic (exact) mass is 1300 g/mol. The van der Waals surface area contributed by atoms with Gasteiger partial charge in [0.2, 0.25) is 65.0 Å². The number of aliphatic hydroxyl groups is 2. The van der Waals surface area contributed by atoms with Crippen molar-refractivity contribution in [2.75, 3.05) is 62.0 Å². The summed E-state index contributed by atoms with van der Waals surface area (Å²) in [5.74, 6) is -10.2. The van der Waals surface area contributed by atoms with Crippen molar-refractivity contribution in [3.63, 3.8) is 0 Å². The second-order valence-corrected chi connectivity index (χ2v) is 27.2. The minimum atomic E-state index is -1.67. The van der Waals surface area contributed by atoms with Crippen LogP contribution >= 0.6 is 0 Å². The number of aliphatic hydroxyl groups excluding tert-OH is 2. The molecule has 25 heteroatoms. The number of carbonyl (C=O) groups excluding carboxylic acids is 11. The third-order valence-corrected chi connectivity index (χ3v) is 17.4. The van der Waals surface area contributed by atoms with Crippen molar-refractivity contribution in [2.24, 2.45) is 35.5 Å². The van der Waals surface area contributed by atoms with Crippen LogP contribution in [0.4, 0.5) is 0 Å². The molecule has 1 fully saturated rings. The summed E-state index contributed by atoms with van der Waals surface area (Å²) < 4.78 is 6.17. The molecule has 6 N–H and O–H groups in total. The predicted octanol–water partition coefficient (Wildman–Crippen LogP) is 3.57. The van der Waals surface area contributed by atoms with Crippen molar-refractivity contribution < 1.29 is 67.7 Å². The third-order valence-electron chi connectivity index (χ3n) is 17.4. The highest BCUT2D eigenvalue weighted by Gasteiger charge is 2.47. The first kappa shape index (κ1) is 83.8. The Morgan fingerprint density at radius 2 is 0.935 bits per heavy atom. The van der Waals surface area contributed by atoms with Crippen LogP contribution in [0.15, 0.2) is 12.2 Å². The fraction of sp³-hybridized carbons (Fsp3) is 0.806. The highest BCUT2D eigenvalue weighted by molar-refractivity contribution is 6.00. The molecule has 92 heavy (non-hydrogen) atoms. The SMILES string of the molecule is C/C=C/[C@@H](C)[C@@H](O)[C@H]1C(=O)N[C@@H](CC)C(=O)N(CCC)[C@H](CC)C(=O)N(C)C([C@@H](C)OCCCCO)C(=O)N[C@@H](C(C)C)C(=O)N(C)[C@@H](CC(C)C)C(=O)N[C@@H](C)C(=O)N[C@H](C)C(=O)N(C)[C@@H](CC(C)C)C(=O)N(C)[C@@H](CC(C)C)C(=O)N(C)[C@@H](C(C)C)C(=O)N1C. The van der Waals surface area contributed by atoms with Crippen molar-refractivity contribution in [3.05, 3.63) is 12.2 Å². The van der Waals surface area contributed by atoms with Gasteiger partial charge in [0.15, 0.2) is 0 Å². The van der Waals surface area contributed by atoms with Gasteiger partial charge in [-0.3, -0.25) is 52.7 Å². The van der Waals surface area contributed by atoms with Crippen LogP contribution in [0, 0.1) is 35.5 Å². The Kier molecular flexibility index (Phi) is 36.0. The Morgan fingerprint density at radius 3 is 1.40 bits per heavy atom. The molecule has 0 radical (unpaired) electrons. The molecule has 1 heterocycles. The van der Waals surface area contributed by atoms with E-state index >= 15 is 33.6 Å². The van der Waals surface area contributed by atoms with Crippen LogP contribution in [-0.4, -0.2) is 250 Å². The molecule has 528 valence electrons. The number of likely N-dealkylation sites (N-methyl/N-ethyl adjacent to an activating group) is 6. The van der Waals surface area contributed by atoms with Crippen LogP contribution < -0.4 is 21.3 Å². The summed E-state index contributed by atoms with van der Waals surface area (Å²) in [6.07, 6.45) is 2.30. The largest absolute Gasteiger partial charge is 0.396 e. The van der Waals surface area contributed by atoms with Crippen LogP contribution in [0.3, 0.4) is 0 Å². The zero-order valence-electron chi connectivity index (χ0n) is 60.3. The van der Waals surface area contributed by atoms with E-state index in [-0.39, 0.29) is 69.6 Å². The van der Waals surface area contributed by atoms with Crippen LogP contribution in [0.2, 0.25) is 0 Å². The number of allylic oxidation sites excluding steroid dienone is 1. The molecular formula is C67H121N11O14. The van der Waals surface area contributed by atoms with Crippen LogP contribution in [0.5, 0.6) is 0 Å². The van der Waals surface area contributed by atoms with Gasteiger partial charge in [0.05, 0.1) is 12.2 Å². The van der Waals surface area contributed by atoms with Gasteiger partial charge >= 0.3 is 0 Å². The van der Waals surface area contributed by atoms with Crippen molar-refractivity contribution >= 4 is 65.0 Å². The van der Waals surface area contributed by atoms with Gasteiger partial charge in [-0.05, 0) is 109 Å². The second kappa shape index (κ2) is 39.5. The lowest BCUT2D eigenvalue weighted by Crippen LogP contribution is -2.64. The molecule has 0 aromatic rings. The smallest absolute Gasteiger partial charge is 0.246 e. The van der Waals surface area contributed by atoms with Gasteiger partial charge in [-0.15, -0.1) is 0 Å².